The van der Waals surface area contributed by atoms with E-state index in [0.29, 0.717) is 22.2 Å². The molecule has 188 valence electrons. The van der Waals surface area contributed by atoms with E-state index in [1.807, 2.05) is 36.4 Å². The van der Waals surface area contributed by atoms with Crippen LogP contribution in [0.3, 0.4) is 0 Å². The summed E-state index contributed by atoms with van der Waals surface area (Å²) in [6.45, 7) is 2.64. The summed E-state index contributed by atoms with van der Waals surface area (Å²) in [4.78, 5) is 12.2. The zero-order valence-corrected chi connectivity index (χ0v) is 21.9. The van der Waals surface area contributed by atoms with Crippen molar-refractivity contribution in [3.63, 3.8) is 0 Å². The van der Waals surface area contributed by atoms with Crippen molar-refractivity contribution in [1.29, 1.82) is 0 Å². The van der Waals surface area contributed by atoms with Gasteiger partial charge in [-0.3, -0.25) is 5.01 Å². The van der Waals surface area contributed by atoms with Gasteiger partial charge < -0.3 is 19.9 Å². The van der Waals surface area contributed by atoms with Gasteiger partial charge in [-0.2, -0.15) is 0 Å². The van der Waals surface area contributed by atoms with E-state index >= 15 is 0 Å². The van der Waals surface area contributed by atoms with Crippen molar-refractivity contribution >= 4 is 15.2 Å². The van der Waals surface area contributed by atoms with Gasteiger partial charge >= 0.3 is 5.97 Å². The molecule has 1 spiro atoms. The molecule has 2 aromatic carbocycles. The van der Waals surface area contributed by atoms with Gasteiger partial charge in [0.25, 0.3) is 0 Å². The third kappa shape index (κ3) is 5.41. The average molecular weight is 498 g/mol. The number of hydrogen-bond acceptors (Lipinski definition) is 7. The van der Waals surface area contributed by atoms with Gasteiger partial charge in [-0.15, -0.1) is 9.24 Å². The Labute approximate surface area is 210 Å². The van der Waals surface area contributed by atoms with Crippen molar-refractivity contribution in [2.75, 3.05) is 14.2 Å². The minimum atomic E-state index is -0.709. The number of hydrazine groups is 1. The molecule has 0 aliphatic heterocycles. The van der Waals surface area contributed by atoms with E-state index in [1.165, 1.54) is 49.8 Å². The van der Waals surface area contributed by atoms with Crippen molar-refractivity contribution in [2.45, 2.75) is 56.6 Å². The zero-order chi connectivity index (χ0) is 25.2. The maximum absolute atomic E-state index is 12.2. The second-order valence-corrected chi connectivity index (χ2v) is 11.3. The third-order valence-electron chi connectivity index (χ3n) is 7.71. The number of methoxy groups -OCH3 is 2. The van der Waals surface area contributed by atoms with E-state index in [-0.39, 0.29) is 18.1 Å². The van der Waals surface area contributed by atoms with Gasteiger partial charge in [-0.05, 0) is 84.0 Å². The molecule has 2 aliphatic rings. The van der Waals surface area contributed by atoms with Gasteiger partial charge in [0.2, 0.25) is 5.88 Å². The normalized spacial score (nSPS) is 26.0. The quantitative estimate of drug-likeness (QED) is 0.139. The standard InChI is InChI=1S/C27H36N3O4P/c1-26(35)17-27(26)14-12-20(13-15-27)19-6-10-22(11-7-19)34-24(23(28)25(31)33-3)30(29)16-18-4-8-21(32-2)9-5-18/h4-11,20H,12-17,28-29,35H2,1-3H3/b24-23+. The van der Waals surface area contributed by atoms with E-state index in [1.54, 1.807) is 7.11 Å². The fraction of sp³-hybridized carbons (Fsp3) is 0.444. The number of ether oxygens (including phenoxy) is 3. The lowest BCUT2D eigenvalue weighted by Gasteiger charge is -2.31. The molecular formula is C27H36N3O4P. The van der Waals surface area contributed by atoms with Crippen molar-refractivity contribution in [1.82, 2.24) is 5.01 Å². The van der Waals surface area contributed by atoms with Crippen LogP contribution in [-0.2, 0) is 16.1 Å². The van der Waals surface area contributed by atoms with Crippen LogP contribution >= 0.6 is 9.24 Å². The van der Waals surface area contributed by atoms with Crippen LogP contribution in [0, 0.1) is 5.41 Å². The van der Waals surface area contributed by atoms with E-state index in [4.69, 9.17) is 25.8 Å². The zero-order valence-electron chi connectivity index (χ0n) is 20.8. The molecule has 2 aromatic rings. The summed E-state index contributed by atoms with van der Waals surface area (Å²) in [6.07, 6.45) is 6.32. The van der Waals surface area contributed by atoms with Crippen LogP contribution in [-0.4, -0.2) is 30.4 Å². The Morgan fingerprint density at radius 2 is 1.63 bits per heavy atom. The van der Waals surface area contributed by atoms with Crippen LogP contribution in [0.15, 0.2) is 60.1 Å². The summed E-state index contributed by atoms with van der Waals surface area (Å²) in [5.41, 5.74) is 8.61. The van der Waals surface area contributed by atoms with Gasteiger partial charge in [-0.1, -0.05) is 31.2 Å². The fourth-order valence-electron chi connectivity index (χ4n) is 5.30. The lowest BCUT2D eigenvalue weighted by atomic mass is 9.76. The summed E-state index contributed by atoms with van der Waals surface area (Å²) < 4.78 is 16.0. The smallest absolute Gasteiger partial charge is 0.359 e. The minimum Gasteiger partial charge on any atom is -0.497 e. The number of nitrogens with zero attached hydrogens (tertiary/aromatic N) is 1. The third-order valence-corrected chi connectivity index (χ3v) is 8.53. The first kappa shape index (κ1) is 25.3. The Balaban J connectivity index is 1.45. The molecule has 2 saturated carbocycles. The van der Waals surface area contributed by atoms with E-state index in [0.717, 1.165) is 11.3 Å². The lowest BCUT2D eigenvalue weighted by Crippen LogP contribution is -2.36. The molecule has 2 atom stereocenters. The lowest BCUT2D eigenvalue weighted by molar-refractivity contribution is -0.136. The molecule has 0 amide bonds. The molecular weight excluding hydrogens is 461 g/mol. The molecule has 2 fully saturated rings. The average Bonchev–Trinajstić information content (AvgIpc) is 3.41. The first-order chi connectivity index (χ1) is 16.7. The Kier molecular flexibility index (Phi) is 7.30. The van der Waals surface area contributed by atoms with Crippen LogP contribution in [0.1, 0.15) is 56.1 Å². The minimum absolute atomic E-state index is 0.0356. The maximum Gasteiger partial charge on any atom is 0.359 e. The number of carbonyl (C=O) groups excluding carboxylic acids is 1. The first-order valence-corrected chi connectivity index (χ1v) is 12.6. The van der Waals surface area contributed by atoms with Crippen LogP contribution in [0.4, 0.5) is 0 Å². The number of nitrogens with two attached hydrogens (primary N) is 2. The van der Waals surface area contributed by atoms with Crippen LogP contribution in [0.25, 0.3) is 0 Å². The molecule has 0 heterocycles. The van der Waals surface area contributed by atoms with Gasteiger partial charge in [-0.25, -0.2) is 10.6 Å². The van der Waals surface area contributed by atoms with Gasteiger partial charge in [0.15, 0.2) is 5.70 Å². The molecule has 4 rings (SSSR count). The van der Waals surface area contributed by atoms with E-state index in [9.17, 15) is 4.79 Å². The fourth-order valence-corrected chi connectivity index (χ4v) is 5.97. The number of benzene rings is 2. The largest absolute Gasteiger partial charge is 0.497 e. The molecule has 4 N–H and O–H groups in total. The molecule has 0 aromatic heterocycles. The molecule has 0 radical (unpaired) electrons. The number of esters is 1. The monoisotopic (exact) mass is 497 g/mol. The Morgan fingerprint density at radius 1 is 1.06 bits per heavy atom. The molecule has 2 unspecified atom stereocenters. The molecule has 7 nitrogen and oxygen atoms in total. The predicted molar refractivity (Wildman–Crippen MR) is 139 cm³/mol. The van der Waals surface area contributed by atoms with Gasteiger partial charge in [0.05, 0.1) is 20.8 Å². The van der Waals surface area contributed by atoms with Crippen LogP contribution in [0.2, 0.25) is 0 Å². The van der Waals surface area contributed by atoms with Gasteiger partial charge in [0, 0.05) is 0 Å². The predicted octanol–water partition coefficient (Wildman–Crippen LogP) is 4.43. The van der Waals surface area contributed by atoms with Crippen LogP contribution < -0.4 is 21.1 Å². The highest BCUT2D eigenvalue weighted by Gasteiger charge is 2.61. The number of rotatable bonds is 8. The van der Waals surface area contributed by atoms with Crippen molar-refractivity contribution < 1.29 is 19.0 Å². The number of carbonyl (C=O) groups is 1. The van der Waals surface area contributed by atoms with Crippen molar-refractivity contribution in [3.05, 3.63) is 71.2 Å². The summed E-state index contributed by atoms with van der Waals surface area (Å²) in [6, 6.07) is 15.5. The second kappa shape index (κ2) is 10.1. The first-order valence-electron chi connectivity index (χ1n) is 12.0. The molecule has 35 heavy (non-hydrogen) atoms. The SMILES string of the molecule is COC(=O)/C(N)=C(\Oc1ccc(C2CCC3(CC2)CC3(C)P)cc1)N(N)Cc1ccc(OC)cc1. The van der Waals surface area contributed by atoms with Gasteiger partial charge in [0.1, 0.15) is 11.5 Å². The molecule has 0 bridgehead atoms. The van der Waals surface area contributed by atoms with Crippen molar-refractivity contribution in [2.24, 2.45) is 17.0 Å². The highest BCUT2D eigenvalue weighted by atomic mass is 31.0. The van der Waals surface area contributed by atoms with Crippen LogP contribution in [0.5, 0.6) is 11.5 Å². The molecule has 2 aliphatic carbocycles. The van der Waals surface area contributed by atoms with E-state index < -0.39 is 5.97 Å². The van der Waals surface area contributed by atoms with E-state index in [2.05, 4.69) is 28.3 Å². The summed E-state index contributed by atoms with van der Waals surface area (Å²) >= 11 is 0. The molecule has 0 saturated heterocycles. The summed E-state index contributed by atoms with van der Waals surface area (Å²) in [5.74, 6) is 7.47. The Bertz CT molecular complexity index is 1070. The van der Waals surface area contributed by atoms with Crippen molar-refractivity contribution in [3.8, 4) is 11.5 Å². The Morgan fingerprint density at radius 3 is 2.14 bits per heavy atom. The maximum atomic E-state index is 12.2. The second-order valence-electron chi connectivity index (χ2n) is 10.0. The Hall–Kier alpha value is -2.76. The topological polar surface area (TPSA) is 100 Å². The summed E-state index contributed by atoms with van der Waals surface area (Å²) in [5, 5.41) is 1.73. The molecule has 8 heteroatoms. The summed E-state index contributed by atoms with van der Waals surface area (Å²) in [7, 11) is 5.94. The highest BCUT2D eigenvalue weighted by molar-refractivity contribution is 7.19. The highest BCUT2D eigenvalue weighted by Crippen LogP contribution is 2.69. The number of hydrogen-bond donors (Lipinski definition) is 2.